The van der Waals surface area contributed by atoms with Crippen molar-refractivity contribution in [3.63, 3.8) is 0 Å². The van der Waals surface area contributed by atoms with E-state index in [1.165, 1.54) is 6.26 Å². The smallest absolute Gasteiger partial charge is 0.287 e. The molecule has 0 aliphatic carbocycles. The summed E-state index contributed by atoms with van der Waals surface area (Å²) in [5, 5.41) is 2.84. The van der Waals surface area contributed by atoms with E-state index in [0.29, 0.717) is 19.5 Å². The van der Waals surface area contributed by atoms with Gasteiger partial charge in [0, 0.05) is 32.4 Å². The Balaban J connectivity index is 1.61. The SMILES string of the molecule is CC(C)C[C@H](NC(=O)c1ccco1)C(=O)N1CCN(c2ccccn2)CC1. The summed E-state index contributed by atoms with van der Waals surface area (Å²) in [5.74, 6) is 1.03. The molecule has 0 bridgehead atoms. The zero-order valence-corrected chi connectivity index (χ0v) is 15.8. The van der Waals surface area contributed by atoms with Crippen molar-refractivity contribution in [3.8, 4) is 0 Å². The zero-order valence-electron chi connectivity index (χ0n) is 15.8. The van der Waals surface area contributed by atoms with Crippen LogP contribution in [0.2, 0.25) is 0 Å². The minimum atomic E-state index is -0.552. The van der Waals surface area contributed by atoms with Gasteiger partial charge in [-0.15, -0.1) is 0 Å². The third kappa shape index (κ3) is 4.87. The minimum absolute atomic E-state index is 0.0377. The minimum Gasteiger partial charge on any atom is -0.459 e. The summed E-state index contributed by atoms with van der Waals surface area (Å²) in [7, 11) is 0. The highest BCUT2D eigenvalue weighted by atomic mass is 16.3. The fourth-order valence-electron chi connectivity index (χ4n) is 3.25. The molecule has 2 aromatic heterocycles. The van der Waals surface area contributed by atoms with Crippen molar-refractivity contribution in [1.29, 1.82) is 0 Å². The molecule has 2 aromatic rings. The molecule has 0 aromatic carbocycles. The normalized spacial score (nSPS) is 15.7. The van der Waals surface area contributed by atoms with Crippen LogP contribution in [0.3, 0.4) is 0 Å². The summed E-state index contributed by atoms with van der Waals surface area (Å²) in [4.78, 5) is 33.7. The van der Waals surface area contributed by atoms with E-state index < -0.39 is 6.04 Å². The fraction of sp³-hybridized carbons (Fsp3) is 0.450. The van der Waals surface area contributed by atoms with Gasteiger partial charge in [0.05, 0.1) is 6.26 Å². The summed E-state index contributed by atoms with van der Waals surface area (Å²) in [5.41, 5.74) is 0. The second-order valence-corrected chi connectivity index (χ2v) is 7.13. The Morgan fingerprint density at radius 3 is 2.52 bits per heavy atom. The van der Waals surface area contributed by atoms with Crippen LogP contribution in [0.1, 0.15) is 30.8 Å². The molecular weight excluding hydrogens is 344 g/mol. The zero-order chi connectivity index (χ0) is 19.2. The van der Waals surface area contributed by atoms with Gasteiger partial charge in [-0.3, -0.25) is 9.59 Å². The Hall–Kier alpha value is -2.83. The monoisotopic (exact) mass is 370 g/mol. The Kier molecular flexibility index (Phi) is 6.11. The number of pyridine rings is 1. The molecule has 1 fully saturated rings. The summed E-state index contributed by atoms with van der Waals surface area (Å²) < 4.78 is 5.14. The molecular formula is C20H26N4O3. The maximum atomic E-state index is 13.0. The van der Waals surface area contributed by atoms with Crippen molar-refractivity contribution in [2.24, 2.45) is 5.92 Å². The molecule has 0 saturated carbocycles. The van der Waals surface area contributed by atoms with Crippen molar-refractivity contribution in [2.75, 3.05) is 31.1 Å². The quantitative estimate of drug-likeness (QED) is 0.843. The maximum absolute atomic E-state index is 13.0. The Bertz CT molecular complexity index is 738. The molecule has 1 N–H and O–H groups in total. The lowest BCUT2D eigenvalue weighted by atomic mass is 10.0. The van der Waals surface area contributed by atoms with E-state index in [4.69, 9.17) is 4.42 Å². The highest BCUT2D eigenvalue weighted by Crippen LogP contribution is 2.15. The number of piperazine rings is 1. The van der Waals surface area contributed by atoms with Gasteiger partial charge in [-0.2, -0.15) is 0 Å². The standard InChI is InChI=1S/C20H26N4O3/c1-15(2)14-16(22-19(25)17-6-5-13-27-17)20(26)24-11-9-23(10-12-24)18-7-3-4-8-21-18/h3-8,13,15-16H,9-12,14H2,1-2H3,(H,22,25)/t16-/m0/s1. The van der Waals surface area contributed by atoms with Crippen LogP contribution in [0.15, 0.2) is 47.2 Å². The number of carbonyl (C=O) groups is 2. The van der Waals surface area contributed by atoms with Crippen LogP contribution in [-0.4, -0.2) is 53.9 Å². The molecule has 7 heteroatoms. The lowest BCUT2D eigenvalue weighted by Crippen LogP contribution is -2.55. The van der Waals surface area contributed by atoms with Gasteiger partial charge in [0.2, 0.25) is 5.91 Å². The van der Waals surface area contributed by atoms with Crippen LogP contribution in [-0.2, 0) is 4.79 Å². The van der Waals surface area contributed by atoms with Gasteiger partial charge in [0.25, 0.3) is 5.91 Å². The number of hydrogen-bond acceptors (Lipinski definition) is 5. The van der Waals surface area contributed by atoms with Crippen LogP contribution >= 0.6 is 0 Å². The number of hydrogen-bond donors (Lipinski definition) is 1. The predicted molar refractivity (Wildman–Crippen MR) is 102 cm³/mol. The maximum Gasteiger partial charge on any atom is 0.287 e. The van der Waals surface area contributed by atoms with E-state index in [-0.39, 0.29) is 23.5 Å². The molecule has 1 saturated heterocycles. The van der Waals surface area contributed by atoms with E-state index in [1.807, 2.05) is 36.9 Å². The highest BCUT2D eigenvalue weighted by molar-refractivity contribution is 5.95. The topological polar surface area (TPSA) is 78.7 Å². The molecule has 27 heavy (non-hydrogen) atoms. The average Bonchev–Trinajstić information content (AvgIpc) is 3.22. The first-order valence-corrected chi connectivity index (χ1v) is 9.33. The van der Waals surface area contributed by atoms with Gasteiger partial charge in [0.1, 0.15) is 11.9 Å². The molecule has 0 unspecified atom stereocenters. The number of anilines is 1. The fourth-order valence-corrected chi connectivity index (χ4v) is 3.25. The number of rotatable bonds is 6. The summed E-state index contributed by atoms with van der Waals surface area (Å²) in [6.45, 7) is 6.75. The third-order valence-corrected chi connectivity index (χ3v) is 4.62. The number of amides is 2. The molecule has 144 valence electrons. The van der Waals surface area contributed by atoms with Gasteiger partial charge in [-0.25, -0.2) is 4.98 Å². The number of nitrogens with zero attached hydrogens (tertiary/aromatic N) is 3. The van der Waals surface area contributed by atoms with Crippen LogP contribution in [0.4, 0.5) is 5.82 Å². The first-order chi connectivity index (χ1) is 13.0. The van der Waals surface area contributed by atoms with Gasteiger partial charge in [-0.1, -0.05) is 19.9 Å². The third-order valence-electron chi connectivity index (χ3n) is 4.62. The van der Waals surface area contributed by atoms with Crippen molar-refractivity contribution in [2.45, 2.75) is 26.3 Å². The van der Waals surface area contributed by atoms with Crippen LogP contribution in [0.5, 0.6) is 0 Å². The molecule has 1 atom stereocenters. The number of aromatic nitrogens is 1. The molecule has 1 aliphatic rings. The van der Waals surface area contributed by atoms with Gasteiger partial charge < -0.3 is 19.5 Å². The first-order valence-electron chi connectivity index (χ1n) is 9.33. The Morgan fingerprint density at radius 2 is 1.93 bits per heavy atom. The van der Waals surface area contributed by atoms with E-state index in [0.717, 1.165) is 18.9 Å². The second-order valence-electron chi connectivity index (χ2n) is 7.13. The number of nitrogens with one attached hydrogen (secondary N) is 1. The largest absolute Gasteiger partial charge is 0.459 e. The summed E-state index contributed by atoms with van der Waals surface area (Å²) in [6, 6.07) is 8.53. The predicted octanol–water partition coefficient (Wildman–Crippen LogP) is 2.17. The van der Waals surface area contributed by atoms with Gasteiger partial charge in [0.15, 0.2) is 5.76 Å². The van der Waals surface area contributed by atoms with E-state index >= 15 is 0 Å². The van der Waals surface area contributed by atoms with Crippen molar-refractivity contribution in [3.05, 3.63) is 48.6 Å². The Morgan fingerprint density at radius 1 is 1.15 bits per heavy atom. The Labute approximate surface area is 159 Å². The van der Waals surface area contributed by atoms with Crippen molar-refractivity contribution >= 4 is 17.6 Å². The molecule has 7 nitrogen and oxygen atoms in total. The van der Waals surface area contributed by atoms with E-state index in [2.05, 4.69) is 15.2 Å². The summed E-state index contributed by atoms with van der Waals surface area (Å²) >= 11 is 0. The molecule has 2 amide bonds. The van der Waals surface area contributed by atoms with E-state index in [9.17, 15) is 9.59 Å². The van der Waals surface area contributed by atoms with Gasteiger partial charge >= 0.3 is 0 Å². The van der Waals surface area contributed by atoms with Crippen molar-refractivity contribution in [1.82, 2.24) is 15.2 Å². The lowest BCUT2D eigenvalue weighted by Gasteiger charge is -2.37. The second kappa shape index (κ2) is 8.70. The summed E-state index contributed by atoms with van der Waals surface area (Å²) in [6.07, 6.45) is 3.81. The molecule has 3 rings (SSSR count). The number of furan rings is 1. The number of carbonyl (C=O) groups excluding carboxylic acids is 2. The van der Waals surface area contributed by atoms with Crippen LogP contribution in [0.25, 0.3) is 0 Å². The van der Waals surface area contributed by atoms with Crippen LogP contribution in [0, 0.1) is 5.92 Å². The molecule has 1 aliphatic heterocycles. The molecule has 0 spiro atoms. The van der Waals surface area contributed by atoms with Crippen LogP contribution < -0.4 is 10.2 Å². The van der Waals surface area contributed by atoms with Crippen molar-refractivity contribution < 1.29 is 14.0 Å². The molecule has 0 radical (unpaired) electrons. The molecule has 3 heterocycles. The average molecular weight is 370 g/mol. The first kappa shape index (κ1) is 18.9. The lowest BCUT2D eigenvalue weighted by molar-refractivity contribution is -0.134. The van der Waals surface area contributed by atoms with E-state index in [1.54, 1.807) is 18.3 Å². The van der Waals surface area contributed by atoms with Gasteiger partial charge in [-0.05, 0) is 36.6 Å². The highest BCUT2D eigenvalue weighted by Gasteiger charge is 2.30.